The van der Waals surface area contributed by atoms with Crippen molar-refractivity contribution in [3.8, 4) is 0 Å². The highest BCUT2D eigenvalue weighted by Gasteiger charge is 2.25. The molecule has 2 N–H and O–H groups in total. The third-order valence-electron chi connectivity index (χ3n) is 4.34. The van der Waals surface area contributed by atoms with Gasteiger partial charge in [0, 0.05) is 12.5 Å². The molecule has 1 amide bonds. The Morgan fingerprint density at radius 3 is 2.50 bits per heavy atom. The van der Waals surface area contributed by atoms with E-state index in [0.29, 0.717) is 11.4 Å². The lowest BCUT2D eigenvalue weighted by Gasteiger charge is -2.30. The van der Waals surface area contributed by atoms with Crippen LogP contribution in [0, 0.1) is 19.8 Å². The number of hydrogen-bond acceptors (Lipinski definition) is 4. The number of nitrogens with two attached hydrogens (primary N) is 1. The summed E-state index contributed by atoms with van der Waals surface area (Å²) in [6.07, 6.45) is 1.44. The van der Waals surface area contributed by atoms with Crippen LogP contribution in [0.3, 0.4) is 0 Å². The van der Waals surface area contributed by atoms with Gasteiger partial charge in [-0.3, -0.25) is 4.79 Å². The van der Waals surface area contributed by atoms with E-state index in [1.807, 2.05) is 26.0 Å². The van der Waals surface area contributed by atoms with Crippen LogP contribution in [-0.4, -0.2) is 44.6 Å². The molecular formula is C16H24N2O3S. The molecule has 1 fully saturated rings. The molecule has 0 unspecified atom stereocenters. The average molecular weight is 324 g/mol. The summed E-state index contributed by atoms with van der Waals surface area (Å²) in [6.45, 7) is 5.69. The topological polar surface area (TPSA) is 80.5 Å². The predicted molar refractivity (Wildman–Crippen MR) is 86.3 cm³/mol. The summed E-state index contributed by atoms with van der Waals surface area (Å²) in [5.74, 6) is -0.201. The van der Waals surface area contributed by atoms with Gasteiger partial charge in [-0.25, -0.2) is 8.42 Å². The van der Waals surface area contributed by atoms with Gasteiger partial charge in [0.1, 0.15) is 0 Å². The zero-order valence-electron chi connectivity index (χ0n) is 13.2. The van der Waals surface area contributed by atoms with Crippen LogP contribution in [-0.2, 0) is 14.6 Å². The third kappa shape index (κ3) is 4.08. The standard InChI is InChI=1S/C16H24N2O3S/c1-12-3-4-13(2)15(11-12)22(20,21)10-9-18-7-5-14(6-8-18)16(17)19/h3-4,11,14H,5-10H2,1-2H3,(H2,17,19). The molecule has 0 bridgehead atoms. The Bertz CT molecular complexity index is 647. The van der Waals surface area contributed by atoms with E-state index in [-0.39, 0.29) is 17.6 Å². The molecule has 1 heterocycles. The Morgan fingerprint density at radius 2 is 1.91 bits per heavy atom. The van der Waals surface area contributed by atoms with Crippen molar-refractivity contribution in [2.45, 2.75) is 31.6 Å². The van der Waals surface area contributed by atoms with E-state index in [1.54, 1.807) is 6.07 Å². The van der Waals surface area contributed by atoms with Crippen LogP contribution < -0.4 is 5.73 Å². The molecule has 1 saturated heterocycles. The van der Waals surface area contributed by atoms with Gasteiger partial charge in [0.25, 0.3) is 0 Å². The number of rotatable bonds is 5. The molecule has 22 heavy (non-hydrogen) atoms. The molecule has 1 aromatic rings. The van der Waals surface area contributed by atoms with E-state index in [0.717, 1.165) is 37.1 Å². The predicted octanol–water partition coefficient (Wildman–Crippen LogP) is 1.27. The molecule has 0 aromatic heterocycles. The summed E-state index contributed by atoms with van der Waals surface area (Å²) in [6, 6.07) is 5.51. The second-order valence-corrected chi connectivity index (χ2v) is 8.18. The summed E-state index contributed by atoms with van der Waals surface area (Å²) in [5, 5.41) is 0. The maximum Gasteiger partial charge on any atom is 0.220 e. The molecule has 6 heteroatoms. The smallest absolute Gasteiger partial charge is 0.220 e. The van der Waals surface area contributed by atoms with Gasteiger partial charge in [0.2, 0.25) is 5.91 Å². The Hall–Kier alpha value is -1.40. The average Bonchev–Trinajstić information content (AvgIpc) is 2.48. The third-order valence-corrected chi connectivity index (χ3v) is 6.17. The Morgan fingerprint density at radius 1 is 1.27 bits per heavy atom. The first-order valence-corrected chi connectivity index (χ1v) is 9.26. The first-order valence-electron chi connectivity index (χ1n) is 7.61. The van der Waals surface area contributed by atoms with Crippen LogP contribution in [0.5, 0.6) is 0 Å². The van der Waals surface area contributed by atoms with E-state index in [9.17, 15) is 13.2 Å². The fourth-order valence-corrected chi connectivity index (χ4v) is 4.49. The van der Waals surface area contributed by atoms with E-state index in [4.69, 9.17) is 5.73 Å². The van der Waals surface area contributed by atoms with Gasteiger partial charge in [-0.2, -0.15) is 0 Å². The number of aryl methyl sites for hydroxylation is 2. The number of carbonyl (C=O) groups is 1. The van der Waals surface area contributed by atoms with Crippen molar-refractivity contribution in [1.29, 1.82) is 0 Å². The summed E-state index contributed by atoms with van der Waals surface area (Å²) in [4.78, 5) is 13.7. The number of sulfone groups is 1. The fourth-order valence-electron chi connectivity index (χ4n) is 2.84. The van der Waals surface area contributed by atoms with Gasteiger partial charge in [-0.15, -0.1) is 0 Å². The van der Waals surface area contributed by atoms with Crippen molar-refractivity contribution >= 4 is 15.7 Å². The molecule has 1 aliphatic rings. The number of likely N-dealkylation sites (tertiary alicyclic amines) is 1. The fraction of sp³-hybridized carbons (Fsp3) is 0.562. The van der Waals surface area contributed by atoms with Gasteiger partial charge >= 0.3 is 0 Å². The van der Waals surface area contributed by atoms with Crippen molar-refractivity contribution in [1.82, 2.24) is 4.90 Å². The SMILES string of the molecule is Cc1ccc(C)c(S(=O)(=O)CCN2CCC(C(N)=O)CC2)c1. The first-order chi connectivity index (χ1) is 10.3. The number of piperidine rings is 1. The molecule has 0 radical (unpaired) electrons. The van der Waals surface area contributed by atoms with Crippen molar-refractivity contribution in [2.24, 2.45) is 11.7 Å². The molecule has 122 valence electrons. The normalized spacial score (nSPS) is 17.5. The van der Waals surface area contributed by atoms with Crippen molar-refractivity contribution in [3.63, 3.8) is 0 Å². The van der Waals surface area contributed by atoms with Gasteiger partial charge in [-0.05, 0) is 57.0 Å². The molecule has 0 spiro atoms. The summed E-state index contributed by atoms with van der Waals surface area (Å²) in [5.41, 5.74) is 7.05. The maximum atomic E-state index is 12.5. The molecule has 2 rings (SSSR count). The highest BCUT2D eigenvalue weighted by Crippen LogP contribution is 2.20. The van der Waals surface area contributed by atoms with Gasteiger partial charge < -0.3 is 10.6 Å². The Kier molecular flexibility index (Phi) is 5.24. The first kappa shape index (κ1) is 17.0. The molecule has 0 atom stereocenters. The number of benzene rings is 1. The largest absolute Gasteiger partial charge is 0.369 e. The van der Waals surface area contributed by atoms with Crippen LogP contribution in [0.4, 0.5) is 0 Å². The lowest BCUT2D eigenvalue weighted by molar-refractivity contribution is -0.123. The number of amides is 1. The van der Waals surface area contributed by atoms with Crippen molar-refractivity contribution in [3.05, 3.63) is 29.3 Å². The summed E-state index contributed by atoms with van der Waals surface area (Å²) < 4.78 is 25.0. The zero-order valence-corrected chi connectivity index (χ0v) is 14.0. The number of carbonyl (C=O) groups excluding carboxylic acids is 1. The van der Waals surface area contributed by atoms with Crippen LogP contribution in [0.25, 0.3) is 0 Å². The number of nitrogens with zero attached hydrogens (tertiary/aromatic N) is 1. The van der Waals surface area contributed by atoms with E-state index in [1.165, 1.54) is 0 Å². The molecule has 1 aromatic carbocycles. The summed E-state index contributed by atoms with van der Waals surface area (Å²) >= 11 is 0. The van der Waals surface area contributed by atoms with Gasteiger partial charge in [0.15, 0.2) is 9.84 Å². The number of primary amides is 1. The van der Waals surface area contributed by atoms with Crippen molar-refractivity contribution in [2.75, 3.05) is 25.4 Å². The Labute approximate surface area is 132 Å². The second-order valence-electron chi connectivity index (χ2n) is 6.11. The molecule has 5 nitrogen and oxygen atoms in total. The minimum absolute atomic E-state index is 0.0631. The van der Waals surface area contributed by atoms with Gasteiger partial charge in [0.05, 0.1) is 10.6 Å². The summed E-state index contributed by atoms with van der Waals surface area (Å²) in [7, 11) is -3.28. The minimum Gasteiger partial charge on any atom is -0.369 e. The van der Waals surface area contributed by atoms with Gasteiger partial charge in [-0.1, -0.05) is 12.1 Å². The molecule has 1 aliphatic heterocycles. The molecular weight excluding hydrogens is 300 g/mol. The van der Waals surface area contributed by atoms with E-state index in [2.05, 4.69) is 4.90 Å². The molecule has 0 saturated carbocycles. The quantitative estimate of drug-likeness (QED) is 0.884. The van der Waals surface area contributed by atoms with E-state index < -0.39 is 9.84 Å². The molecule has 0 aliphatic carbocycles. The second kappa shape index (κ2) is 6.79. The lowest BCUT2D eigenvalue weighted by Crippen LogP contribution is -2.40. The minimum atomic E-state index is -3.28. The van der Waals surface area contributed by atoms with Crippen LogP contribution in [0.2, 0.25) is 0 Å². The van der Waals surface area contributed by atoms with Crippen LogP contribution >= 0.6 is 0 Å². The highest BCUT2D eigenvalue weighted by atomic mass is 32.2. The zero-order chi connectivity index (χ0) is 16.3. The number of hydrogen-bond donors (Lipinski definition) is 1. The lowest BCUT2D eigenvalue weighted by atomic mass is 9.96. The van der Waals surface area contributed by atoms with Crippen LogP contribution in [0.15, 0.2) is 23.1 Å². The van der Waals surface area contributed by atoms with Crippen LogP contribution in [0.1, 0.15) is 24.0 Å². The van der Waals surface area contributed by atoms with E-state index >= 15 is 0 Å². The highest BCUT2D eigenvalue weighted by molar-refractivity contribution is 7.91. The Balaban J connectivity index is 1.96. The monoisotopic (exact) mass is 324 g/mol. The van der Waals surface area contributed by atoms with Crippen molar-refractivity contribution < 1.29 is 13.2 Å². The maximum absolute atomic E-state index is 12.5.